The molecule has 1 aliphatic rings. The zero-order valence-corrected chi connectivity index (χ0v) is 11.8. The van der Waals surface area contributed by atoms with Crippen molar-refractivity contribution in [2.24, 2.45) is 17.6 Å². The number of carbonyl (C=O) groups is 1. The smallest absolute Gasteiger partial charge is 0.227 e. The molecule has 110 valence electrons. The molecule has 21 heavy (non-hydrogen) atoms. The number of pyridine rings is 1. The highest BCUT2D eigenvalue weighted by Crippen LogP contribution is 2.31. The molecule has 0 unspecified atom stereocenters. The largest absolute Gasteiger partial charge is 0.330 e. The van der Waals surface area contributed by atoms with Crippen LogP contribution in [0, 0.1) is 11.8 Å². The Labute approximate surface area is 123 Å². The Balaban J connectivity index is 1.66. The number of aromatic nitrogens is 3. The summed E-state index contributed by atoms with van der Waals surface area (Å²) in [6.45, 7) is 0.579. The molecule has 1 saturated carbocycles. The van der Waals surface area contributed by atoms with E-state index in [9.17, 15) is 4.79 Å². The Morgan fingerprint density at radius 2 is 2.33 bits per heavy atom. The number of nitrogens with zero attached hydrogens (tertiary/aromatic N) is 3. The van der Waals surface area contributed by atoms with Gasteiger partial charge < -0.3 is 11.1 Å². The van der Waals surface area contributed by atoms with Gasteiger partial charge in [0.05, 0.1) is 11.9 Å². The van der Waals surface area contributed by atoms with E-state index in [0.717, 1.165) is 25.1 Å². The minimum Gasteiger partial charge on any atom is -0.330 e. The SMILES string of the molecule is NC[C@H]1CCC[C@H]1C(=O)Nc1ccc(-n2ccnc2)nc1. The van der Waals surface area contributed by atoms with Crippen LogP contribution in [-0.2, 0) is 4.79 Å². The molecule has 0 aliphatic heterocycles. The van der Waals surface area contributed by atoms with E-state index < -0.39 is 0 Å². The molecule has 0 saturated heterocycles. The maximum atomic E-state index is 12.3. The highest BCUT2D eigenvalue weighted by atomic mass is 16.1. The molecule has 2 heterocycles. The van der Waals surface area contributed by atoms with Crippen LogP contribution in [0.2, 0.25) is 0 Å². The second kappa shape index (κ2) is 6.05. The number of rotatable bonds is 4. The number of imidazole rings is 1. The van der Waals surface area contributed by atoms with Crippen molar-refractivity contribution in [2.75, 3.05) is 11.9 Å². The van der Waals surface area contributed by atoms with Crippen LogP contribution in [0.5, 0.6) is 0 Å². The lowest BCUT2D eigenvalue weighted by molar-refractivity contribution is -0.120. The van der Waals surface area contributed by atoms with Crippen LogP contribution in [0.4, 0.5) is 5.69 Å². The van der Waals surface area contributed by atoms with Crippen molar-refractivity contribution in [1.29, 1.82) is 0 Å². The third-order valence-electron chi connectivity index (χ3n) is 4.08. The first-order valence-corrected chi connectivity index (χ1v) is 7.23. The molecule has 1 fully saturated rings. The molecule has 0 radical (unpaired) electrons. The van der Waals surface area contributed by atoms with E-state index in [1.165, 1.54) is 0 Å². The first-order valence-electron chi connectivity index (χ1n) is 7.23. The van der Waals surface area contributed by atoms with E-state index in [-0.39, 0.29) is 11.8 Å². The van der Waals surface area contributed by atoms with Crippen molar-refractivity contribution in [3.63, 3.8) is 0 Å². The first kappa shape index (κ1) is 13.8. The number of hydrogen-bond acceptors (Lipinski definition) is 4. The van der Waals surface area contributed by atoms with Crippen LogP contribution >= 0.6 is 0 Å². The fraction of sp³-hybridized carbons (Fsp3) is 0.400. The van der Waals surface area contributed by atoms with E-state index in [1.807, 2.05) is 22.9 Å². The standard InChI is InChI=1S/C15H19N5O/c16-8-11-2-1-3-13(11)15(21)19-12-4-5-14(18-9-12)20-7-6-17-10-20/h4-7,9-11,13H,1-3,8,16H2,(H,19,21)/t11-,13-/m1/s1. The van der Waals surface area contributed by atoms with Gasteiger partial charge in [0.2, 0.25) is 5.91 Å². The summed E-state index contributed by atoms with van der Waals surface area (Å²) >= 11 is 0. The Bertz CT molecular complexity index is 593. The van der Waals surface area contributed by atoms with Crippen LogP contribution in [0.15, 0.2) is 37.1 Å². The second-order valence-electron chi connectivity index (χ2n) is 5.40. The van der Waals surface area contributed by atoms with Gasteiger partial charge in [-0.1, -0.05) is 6.42 Å². The zero-order valence-electron chi connectivity index (χ0n) is 11.8. The van der Waals surface area contributed by atoms with Crippen LogP contribution in [-0.4, -0.2) is 27.0 Å². The summed E-state index contributed by atoms with van der Waals surface area (Å²) in [5, 5.41) is 2.94. The average molecular weight is 285 g/mol. The van der Waals surface area contributed by atoms with Crippen LogP contribution in [0.1, 0.15) is 19.3 Å². The topological polar surface area (TPSA) is 85.8 Å². The Kier molecular flexibility index (Phi) is 3.96. The first-order chi connectivity index (χ1) is 10.3. The Morgan fingerprint density at radius 3 is 3.00 bits per heavy atom. The predicted molar refractivity (Wildman–Crippen MR) is 79.9 cm³/mol. The maximum Gasteiger partial charge on any atom is 0.227 e. The number of carbonyl (C=O) groups excluding carboxylic acids is 1. The van der Waals surface area contributed by atoms with Gasteiger partial charge in [-0.3, -0.25) is 9.36 Å². The third kappa shape index (κ3) is 2.95. The lowest BCUT2D eigenvalue weighted by Crippen LogP contribution is -2.29. The van der Waals surface area contributed by atoms with Gasteiger partial charge in [0.1, 0.15) is 12.1 Å². The minimum atomic E-state index is 0.0309. The molecule has 0 bridgehead atoms. The molecule has 0 aromatic carbocycles. The van der Waals surface area contributed by atoms with Crippen LogP contribution in [0.25, 0.3) is 5.82 Å². The molecule has 2 aromatic rings. The summed E-state index contributed by atoms with van der Waals surface area (Å²) in [6, 6.07) is 3.71. The molecule has 1 amide bonds. The summed E-state index contributed by atoms with van der Waals surface area (Å²) in [7, 11) is 0. The average Bonchev–Trinajstić information content (AvgIpc) is 3.19. The number of hydrogen-bond donors (Lipinski definition) is 2. The molecular weight excluding hydrogens is 266 g/mol. The van der Waals surface area contributed by atoms with Crippen molar-refractivity contribution in [1.82, 2.24) is 14.5 Å². The number of nitrogens with two attached hydrogens (primary N) is 1. The van der Waals surface area contributed by atoms with Crippen molar-refractivity contribution in [3.8, 4) is 5.82 Å². The van der Waals surface area contributed by atoms with Gasteiger partial charge in [-0.15, -0.1) is 0 Å². The normalized spacial score (nSPS) is 21.4. The van der Waals surface area contributed by atoms with Gasteiger partial charge in [-0.25, -0.2) is 9.97 Å². The summed E-state index contributed by atoms with van der Waals surface area (Å²) in [5.74, 6) is 1.16. The third-order valence-corrected chi connectivity index (χ3v) is 4.08. The molecule has 0 spiro atoms. The summed E-state index contributed by atoms with van der Waals surface area (Å²) in [6.07, 6.45) is 9.93. The fourth-order valence-corrected chi connectivity index (χ4v) is 2.91. The van der Waals surface area contributed by atoms with Gasteiger partial charge >= 0.3 is 0 Å². The number of anilines is 1. The van der Waals surface area contributed by atoms with Crippen LogP contribution in [0.3, 0.4) is 0 Å². The Morgan fingerprint density at radius 1 is 1.43 bits per heavy atom. The van der Waals surface area contributed by atoms with E-state index in [4.69, 9.17) is 5.73 Å². The quantitative estimate of drug-likeness (QED) is 0.893. The van der Waals surface area contributed by atoms with Gasteiger partial charge in [0.25, 0.3) is 0 Å². The molecule has 3 N–H and O–H groups in total. The Hall–Kier alpha value is -2.21. The lowest BCUT2D eigenvalue weighted by atomic mass is 9.95. The molecular formula is C15H19N5O. The fourth-order valence-electron chi connectivity index (χ4n) is 2.91. The monoisotopic (exact) mass is 285 g/mol. The summed E-state index contributed by atoms with van der Waals surface area (Å²) < 4.78 is 1.81. The number of amides is 1. The van der Waals surface area contributed by atoms with E-state index in [0.29, 0.717) is 18.2 Å². The molecule has 6 heteroatoms. The van der Waals surface area contributed by atoms with Crippen molar-refractivity contribution < 1.29 is 4.79 Å². The van der Waals surface area contributed by atoms with Crippen molar-refractivity contribution in [2.45, 2.75) is 19.3 Å². The van der Waals surface area contributed by atoms with Gasteiger partial charge in [0.15, 0.2) is 0 Å². The van der Waals surface area contributed by atoms with Gasteiger partial charge in [-0.2, -0.15) is 0 Å². The van der Waals surface area contributed by atoms with Crippen molar-refractivity contribution in [3.05, 3.63) is 37.1 Å². The molecule has 2 aromatic heterocycles. The van der Waals surface area contributed by atoms with E-state index in [2.05, 4.69) is 15.3 Å². The maximum absolute atomic E-state index is 12.3. The van der Waals surface area contributed by atoms with Gasteiger partial charge in [-0.05, 0) is 37.4 Å². The molecule has 3 rings (SSSR count). The lowest BCUT2D eigenvalue weighted by Gasteiger charge is -2.17. The molecule has 1 aliphatic carbocycles. The highest BCUT2D eigenvalue weighted by Gasteiger charge is 2.31. The predicted octanol–water partition coefficient (Wildman–Crippen LogP) is 1.58. The highest BCUT2D eigenvalue weighted by molar-refractivity contribution is 5.92. The van der Waals surface area contributed by atoms with Crippen LogP contribution < -0.4 is 11.1 Å². The van der Waals surface area contributed by atoms with Gasteiger partial charge in [0, 0.05) is 18.3 Å². The zero-order chi connectivity index (χ0) is 14.7. The van der Waals surface area contributed by atoms with E-state index >= 15 is 0 Å². The summed E-state index contributed by atoms with van der Waals surface area (Å²) in [5.41, 5.74) is 6.44. The summed E-state index contributed by atoms with van der Waals surface area (Å²) in [4.78, 5) is 20.6. The van der Waals surface area contributed by atoms with E-state index in [1.54, 1.807) is 18.7 Å². The number of nitrogens with one attached hydrogen (secondary N) is 1. The molecule has 6 nitrogen and oxygen atoms in total. The second-order valence-corrected chi connectivity index (χ2v) is 5.40. The molecule has 2 atom stereocenters. The van der Waals surface area contributed by atoms with Crippen molar-refractivity contribution >= 4 is 11.6 Å². The minimum absolute atomic E-state index is 0.0309.